The van der Waals surface area contributed by atoms with E-state index >= 15 is 0 Å². The van der Waals surface area contributed by atoms with Gasteiger partial charge in [-0.3, -0.25) is 0 Å². The van der Waals surface area contributed by atoms with Crippen LogP contribution in [0.2, 0.25) is 0 Å². The van der Waals surface area contributed by atoms with Gasteiger partial charge in [-0.15, -0.1) is 0 Å². The van der Waals surface area contributed by atoms with Crippen molar-refractivity contribution in [3.63, 3.8) is 0 Å². The van der Waals surface area contributed by atoms with Gasteiger partial charge < -0.3 is 4.74 Å². The molecule has 2 bridgehead atoms. The molecule has 15 heavy (non-hydrogen) atoms. The highest BCUT2D eigenvalue weighted by atomic mass is 16.6. The van der Waals surface area contributed by atoms with E-state index < -0.39 is 0 Å². The first kappa shape index (κ1) is 8.96. The molecule has 0 aromatic rings. The fourth-order valence-electron chi connectivity index (χ4n) is 3.72. The zero-order valence-electron chi connectivity index (χ0n) is 8.53. The zero-order chi connectivity index (χ0) is 10.6. The molecule has 3 nitrogen and oxygen atoms in total. The van der Waals surface area contributed by atoms with Crippen LogP contribution in [-0.2, 0) is 9.53 Å². The molecule has 0 aromatic heterocycles. The number of nitrogens with zero attached hydrogens (tertiary/aromatic N) is 1. The van der Waals surface area contributed by atoms with Crippen molar-refractivity contribution in [2.45, 2.75) is 31.3 Å². The molecule has 2 saturated carbocycles. The lowest BCUT2D eigenvalue weighted by atomic mass is 9.76. The third-order valence-electron chi connectivity index (χ3n) is 4.23. The minimum absolute atomic E-state index is 0.0856. The minimum atomic E-state index is -0.350. The number of ether oxygens (including phenoxy) is 1. The van der Waals surface area contributed by atoms with Crippen LogP contribution in [-0.4, -0.2) is 11.6 Å². The largest absolute Gasteiger partial charge is 0.455 e. The maximum atomic E-state index is 11.4. The van der Waals surface area contributed by atoms with Gasteiger partial charge in [0.2, 0.25) is 0 Å². The maximum Gasteiger partial charge on any atom is 0.334 e. The second-order valence-corrected chi connectivity index (χ2v) is 5.12. The Morgan fingerprint density at radius 3 is 2.87 bits per heavy atom. The van der Waals surface area contributed by atoms with Crippen LogP contribution >= 0.6 is 0 Å². The van der Waals surface area contributed by atoms with Gasteiger partial charge in [-0.25, -0.2) is 4.79 Å². The van der Waals surface area contributed by atoms with Crippen molar-refractivity contribution >= 4 is 5.97 Å². The van der Waals surface area contributed by atoms with E-state index in [1.807, 2.05) is 0 Å². The average Bonchev–Trinajstić information content (AvgIpc) is 2.80. The summed E-state index contributed by atoms with van der Waals surface area (Å²) in [6, 6.07) is 2.36. The van der Waals surface area contributed by atoms with Crippen molar-refractivity contribution < 1.29 is 9.53 Å². The van der Waals surface area contributed by atoms with Crippen LogP contribution in [0.4, 0.5) is 0 Å². The number of hydrogen-bond donors (Lipinski definition) is 0. The second kappa shape index (κ2) is 2.63. The second-order valence-electron chi connectivity index (χ2n) is 5.12. The van der Waals surface area contributed by atoms with Gasteiger partial charge in [-0.05, 0) is 25.2 Å². The Kier molecular flexibility index (Phi) is 1.57. The molecule has 2 aliphatic carbocycles. The van der Waals surface area contributed by atoms with E-state index in [1.165, 1.54) is 0 Å². The molecule has 3 fully saturated rings. The van der Waals surface area contributed by atoms with Crippen molar-refractivity contribution in [3.8, 4) is 6.07 Å². The van der Waals surface area contributed by atoms with E-state index in [-0.39, 0.29) is 23.4 Å². The molecule has 3 heteroatoms. The van der Waals surface area contributed by atoms with Crippen LogP contribution in [0.5, 0.6) is 0 Å². The van der Waals surface area contributed by atoms with Gasteiger partial charge in [-0.1, -0.05) is 6.58 Å². The molecule has 0 radical (unpaired) electrons. The fraction of sp³-hybridized carbons (Fsp3) is 0.667. The average molecular weight is 203 g/mol. The number of nitriles is 1. The van der Waals surface area contributed by atoms with Crippen molar-refractivity contribution in [3.05, 3.63) is 12.2 Å². The topological polar surface area (TPSA) is 50.1 Å². The molecule has 0 amide bonds. The Morgan fingerprint density at radius 2 is 2.33 bits per heavy atom. The predicted molar refractivity (Wildman–Crippen MR) is 52.5 cm³/mol. The van der Waals surface area contributed by atoms with Gasteiger partial charge in [0.05, 0.1) is 12.0 Å². The third-order valence-corrected chi connectivity index (χ3v) is 4.23. The first-order valence-electron chi connectivity index (χ1n) is 5.45. The van der Waals surface area contributed by atoms with Gasteiger partial charge in [0.25, 0.3) is 0 Å². The van der Waals surface area contributed by atoms with E-state index in [9.17, 15) is 4.79 Å². The highest BCUT2D eigenvalue weighted by Crippen LogP contribution is 2.59. The van der Waals surface area contributed by atoms with Crippen molar-refractivity contribution in [2.75, 3.05) is 0 Å². The van der Waals surface area contributed by atoms with Gasteiger partial charge in [0, 0.05) is 17.9 Å². The van der Waals surface area contributed by atoms with E-state index in [0.717, 1.165) is 19.3 Å². The molecule has 78 valence electrons. The predicted octanol–water partition coefficient (Wildman–Crippen LogP) is 1.80. The maximum absolute atomic E-state index is 11.4. The Morgan fingerprint density at radius 1 is 1.53 bits per heavy atom. The molecule has 0 N–H and O–H groups in total. The Hall–Kier alpha value is -1.30. The van der Waals surface area contributed by atoms with E-state index in [4.69, 9.17) is 10.00 Å². The standard InChI is InChI=1S/C12H13NO2/c1-7-4-12(15-11(7)14)5-8-2-9(6-13)10(12)3-8/h8-10H,1-5H2. The molecule has 0 aromatic carbocycles. The number of carbonyl (C=O) groups is 1. The summed E-state index contributed by atoms with van der Waals surface area (Å²) in [5.74, 6) is 0.677. The van der Waals surface area contributed by atoms with E-state index in [0.29, 0.717) is 17.9 Å². The van der Waals surface area contributed by atoms with E-state index in [1.54, 1.807) is 0 Å². The summed E-state index contributed by atoms with van der Waals surface area (Å²) in [5.41, 5.74) is 0.233. The Bertz CT molecular complexity index is 377. The lowest BCUT2D eigenvalue weighted by Crippen LogP contribution is -2.38. The SMILES string of the molecule is C=C1CC2(CC3CC(C#N)C2C3)OC1=O. The number of fused-ring (bicyclic) bond motifs is 3. The van der Waals surface area contributed by atoms with Crippen LogP contribution in [0.25, 0.3) is 0 Å². The first-order chi connectivity index (χ1) is 7.14. The van der Waals surface area contributed by atoms with Crippen LogP contribution in [0.3, 0.4) is 0 Å². The molecular formula is C12H13NO2. The number of carbonyl (C=O) groups excluding carboxylic acids is 1. The summed E-state index contributed by atoms with van der Waals surface area (Å²) in [5, 5.41) is 9.05. The summed E-state index contributed by atoms with van der Waals surface area (Å²) >= 11 is 0. The van der Waals surface area contributed by atoms with E-state index in [2.05, 4.69) is 12.6 Å². The Balaban J connectivity index is 1.93. The molecule has 1 spiro atoms. The molecular weight excluding hydrogens is 190 g/mol. The van der Waals surface area contributed by atoms with Gasteiger partial charge in [0.15, 0.2) is 0 Å². The van der Waals surface area contributed by atoms with Gasteiger partial charge in [-0.2, -0.15) is 5.26 Å². The molecule has 4 atom stereocenters. The summed E-state index contributed by atoms with van der Waals surface area (Å²) in [6.07, 6.45) is 3.64. The number of hydrogen-bond acceptors (Lipinski definition) is 3. The van der Waals surface area contributed by atoms with Crippen molar-refractivity contribution in [1.29, 1.82) is 5.26 Å². The highest BCUT2D eigenvalue weighted by molar-refractivity contribution is 5.90. The van der Waals surface area contributed by atoms with Crippen LogP contribution in [0, 0.1) is 29.1 Å². The lowest BCUT2D eigenvalue weighted by molar-refractivity contribution is -0.151. The highest BCUT2D eigenvalue weighted by Gasteiger charge is 2.61. The number of esters is 1. The van der Waals surface area contributed by atoms with Crippen LogP contribution < -0.4 is 0 Å². The number of rotatable bonds is 0. The molecule has 4 unspecified atom stereocenters. The molecule has 1 aliphatic heterocycles. The summed E-state index contributed by atoms with van der Waals surface area (Å²) in [6.45, 7) is 3.73. The van der Waals surface area contributed by atoms with Gasteiger partial charge >= 0.3 is 5.97 Å². The zero-order valence-corrected chi connectivity index (χ0v) is 8.53. The normalized spacial score (nSPS) is 47.3. The summed E-state index contributed by atoms with van der Waals surface area (Å²) in [7, 11) is 0. The van der Waals surface area contributed by atoms with Crippen LogP contribution in [0.1, 0.15) is 25.7 Å². The van der Waals surface area contributed by atoms with Crippen LogP contribution in [0.15, 0.2) is 12.2 Å². The fourth-order valence-corrected chi connectivity index (χ4v) is 3.72. The van der Waals surface area contributed by atoms with Crippen molar-refractivity contribution in [2.24, 2.45) is 17.8 Å². The molecule has 3 rings (SSSR count). The lowest BCUT2D eigenvalue weighted by Gasteiger charge is -2.34. The smallest absolute Gasteiger partial charge is 0.334 e. The molecule has 1 saturated heterocycles. The third kappa shape index (κ3) is 1.02. The Labute approximate surface area is 88.7 Å². The van der Waals surface area contributed by atoms with Gasteiger partial charge in [0.1, 0.15) is 5.60 Å². The summed E-state index contributed by atoms with van der Waals surface area (Å²) < 4.78 is 5.50. The molecule has 1 heterocycles. The summed E-state index contributed by atoms with van der Waals surface area (Å²) in [4.78, 5) is 11.4. The monoisotopic (exact) mass is 203 g/mol. The minimum Gasteiger partial charge on any atom is -0.455 e. The molecule has 3 aliphatic rings. The first-order valence-corrected chi connectivity index (χ1v) is 5.45. The van der Waals surface area contributed by atoms with Crippen molar-refractivity contribution in [1.82, 2.24) is 0 Å². The quantitative estimate of drug-likeness (QED) is 0.445.